The highest BCUT2D eigenvalue weighted by Crippen LogP contribution is 2.26. The SMILES string of the molecule is CC#CC#CC#COc1cc2ccc(CCCCC)cc2cc1F.[HH]. The molecule has 0 saturated carbocycles. The van der Waals surface area contributed by atoms with Crippen molar-refractivity contribution in [1.82, 2.24) is 0 Å². The molecule has 0 atom stereocenters. The van der Waals surface area contributed by atoms with E-state index >= 15 is 0 Å². The number of rotatable bonds is 5. The Hall–Kier alpha value is -2.89. The van der Waals surface area contributed by atoms with E-state index in [9.17, 15) is 4.39 Å². The molecule has 0 fully saturated rings. The maximum absolute atomic E-state index is 14.1. The second-order valence-corrected chi connectivity index (χ2v) is 5.38. The van der Waals surface area contributed by atoms with Crippen LogP contribution in [0.4, 0.5) is 4.39 Å². The number of benzene rings is 2. The van der Waals surface area contributed by atoms with E-state index in [2.05, 4.69) is 48.7 Å². The van der Waals surface area contributed by atoms with Crippen LogP contribution in [0, 0.1) is 41.5 Å². The minimum atomic E-state index is -0.427. The Bertz CT molecular complexity index is 898. The van der Waals surface area contributed by atoms with Gasteiger partial charge in [0.25, 0.3) is 0 Å². The Morgan fingerprint density at radius 2 is 1.83 bits per heavy atom. The third kappa shape index (κ3) is 5.08. The number of hydrogen-bond donors (Lipinski definition) is 0. The summed E-state index contributed by atoms with van der Waals surface area (Å²) in [5.74, 6) is 12.4. The largest absolute Gasteiger partial charge is 0.403 e. The van der Waals surface area contributed by atoms with Crippen LogP contribution in [0.25, 0.3) is 10.8 Å². The molecule has 2 rings (SSSR count). The molecule has 0 N–H and O–H groups in total. The van der Waals surface area contributed by atoms with Crippen LogP contribution in [0.3, 0.4) is 0 Å². The third-order valence-corrected chi connectivity index (χ3v) is 3.55. The molecule has 122 valence electrons. The van der Waals surface area contributed by atoms with E-state index in [-0.39, 0.29) is 7.18 Å². The quantitative estimate of drug-likeness (QED) is 0.535. The molecule has 24 heavy (non-hydrogen) atoms. The van der Waals surface area contributed by atoms with E-state index in [0.717, 1.165) is 23.6 Å². The van der Waals surface area contributed by atoms with E-state index < -0.39 is 5.82 Å². The van der Waals surface area contributed by atoms with Crippen molar-refractivity contribution >= 4 is 10.8 Å². The van der Waals surface area contributed by atoms with Crippen molar-refractivity contribution in [3.8, 4) is 41.5 Å². The summed E-state index contributed by atoms with van der Waals surface area (Å²) in [7, 11) is 0. The first-order valence-corrected chi connectivity index (χ1v) is 8.05. The molecule has 2 aromatic carbocycles. The van der Waals surface area contributed by atoms with Gasteiger partial charge in [-0.3, -0.25) is 0 Å². The monoisotopic (exact) mass is 320 g/mol. The smallest absolute Gasteiger partial charge is 0.176 e. The van der Waals surface area contributed by atoms with Crippen LogP contribution in [-0.2, 0) is 6.42 Å². The molecule has 0 saturated heterocycles. The summed E-state index contributed by atoms with van der Waals surface area (Å²) >= 11 is 0. The molecule has 0 aliphatic rings. The zero-order valence-corrected chi connectivity index (χ0v) is 14.0. The predicted octanol–water partition coefficient (Wildman–Crippen LogP) is 5.32. The maximum Gasteiger partial charge on any atom is 0.176 e. The van der Waals surface area contributed by atoms with E-state index in [1.165, 1.54) is 24.5 Å². The van der Waals surface area contributed by atoms with Gasteiger partial charge in [0.1, 0.15) is 6.11 Å². The lowest BCUT2D eigenvalue weighted by atomic mass is 10.0. The lowest BCUT2D eigenvalue weighted by Crippen LogP contribution is -1.90. The van der Waals surface area contributed by atoms with Gasteiger partial charge in [0.15, 0.2) is 11.6 Å². The molecule has 0 radical (unpaired) electrons. The number of halogens is 1. The highest BCUT2D eigenvalue weighted by Gasteiger charge is 2.06. The summed E-state index contributed by atoms with van der Waals surface area (Å²) in [6.45, 7) is 3.88. The second kappa shape index (κ2) is 9.29. The zero-order valence-electron chi connectivity index (χ0n) is 14.0. The Balaban J connectivity index is 0.00000312. The van der Waals surface area contributed by atoms with Crippen molar-refractivity contribution in [3.05, 3.63) is 41.7 Å². The van der Waals surface area contributed by atoms with Crippen molar-refractivity contribution in [2.45, 2.75) is 39.5 Å². The van der Waals surface area contributed by atoms with Crippen molar-refractivity contribution in [1.29, 1.82) is 0 Å². The fourth-order valence-corrected chi connectivity index (χ4v) is 2.34. The summed E-state index contributed by atoms with van der Waals surface area (Å²) in [6.07, 6.45) is 6.97. The fraction of sp³-hybridized carbons (Fsp3) is 0.273. The number of aryl methyl sites for hydroxylation is 1. The molecular weight excluding hydrogens is 299 g/mol. The molecule has 0 bridgehead atoms. The van der Waals surface area contributed by atoms with Gasteiger partial charge in [0, 0.05) is 13.3 Å². The van der Waals surface area contributed by atoms with Gasteiger partial charge in [0.2, 0.25) is 0 Å². The highest BCUT2D eigenvalue weighted by molar-refractivity contribution is 5.84. The average Bonchev–Trinajstić information content (AvgIpc) is 2.58. The molecule has 0 heterocycles. The van der Waals surface area contributed by atoms with E-state index in [1.807, 2.05) is 12.1 Å². The topological polar surface area (TPSA) is 9.23 Å². The molecular formula is C22H21FO. The molecule has 0 amide bonds. The molecule has 0 aliphatic carbocycles. The third-order valence-electron chi connectivity index (χ3n) is 3.55. The van der Waals surface area contributed by atoms with E-state index in [1.54, 1.807) is 13.0 Å². The summed E-state index contributed by atoms with van der Waals surface area (Å²) < 4.78 is 19.3. The summed E-state index contributed by atoms with van der Waals surface area (Å²) in [5, 5.41) is 1.80. The van der Waals surface area contributed by atoms with Gasteiger partial charge in [-0.05, 0) is 60.1 Å². The van der Waals surface area contributed by atoms with Gasteiger partial charge in [-0.2, -0.15) is 0 Å². The Morgan fingerprint density at radius 3 is 2.62 bits per heavy atom. The van der Waals surface area contributed by atoms with Gasteiger partial charge in [-0.15, -0.1) is 0 Å². The van der Waals surface area contributed by atoms with Gasteiger partial charge in [-0.25, -0.2) is 4.39 Å². The Labute approximate surface area is 144 Å². The van der Waals surface area contributed by atoms with Crippen LogP contribution < -0.4 is 4.74 Å². The van der Waals surface area contributed by atoms with E-state index in [4.69, 9.17) is 4.74 Å². The Morgan fingerprint density at radius 1 is 1.00 bits per heavy atom. The highest BCUT2D eigenvalue weighted by atomic mass is 19.1. The zero-order chi connectivity index (χ0) is 17.2. The maximum atomic E-state index is 14.1. The predicted molar refractivity (Wildman–Crippen MR) is 98.9 cm³/mol. The molecule has 0 unspecified atom stereocenters. The first-order chi connectivity index (χ1) is 11.7. The summed E-state index contributed by atoms with van der Waals surface area (Å²) in [4.78, 5) is 0. The second-order valence-electron chi connectivity index (χ2n) is 5.38. The van der Waals surface area contributed by atoms with Crippen molar-refractivity contribution in [2.75, 3.05) is 0 Å². The number of unbranched alkanes of at least 4 members (excludes halogenated alkanes) is 2. The first-order valence-electron chi connectivity index (χ1n) is 8.05. The van der Waals surface area contributed by atoms with Crippen LogP contribution >= 0.6 is 0 Å². The number of fused-ring (bicyclic) bond motifs is 1. The molecule has 0 aromatic heterocycles. The average molecular weight is 320 g/mol. The van der Waals surface area contributed by atoms with Crippen LogP contribution in [0.2, 0.25) is 0 Å². The molecule has 2 heteroatoms. The molecule has 2 aromatic rings. The number of hydrogen-bond acceptors (Lipinski definition) is 1. The van der Waals surface area contributed by atoms with Crippen LogP contribution in [0.1, 0.15) is 40.1 Å². The van der Waals surface area contributed by atoms with Crippen molar-refractivity contribution < 1.29 is 10.6 Å². The minimum Gasteiger partial charge on any atom is -0.403 e. The number of ether oxygens (including phenoxy) is 1. The van der Waals surface area contributed by atoms with Gasteiger partial charge in [0.05, 0.1) is 0 Å². The van der Waals surface area contributed by atoms with Crippen molar-refractivity contribution in [3.63, 3.8) is 0 Å². The standard InChI is InChI=1S/C22H19FO.H2/c1-3-5-7-8-10-14-24-22-17-19-13-12-18(11-9-6-4-2)15-20(19)16-21(22)23;/h12-13,15-17H,4,6,9,11H2,1-2H3;1H. The van der Waals surface area contributed by atoms with Crippen molar-refractivity contribution in [2.24, 2.45) is 0 Å². The molecule has 0 aliphatic heterocycles. The summed E-state index contributed by atoms with van der Waals surface area (Å²) in [6, 6.07) is 9.27. The van der Waals surface area contributed by atoms with E-state index in [0.29, 0.717) is 0 Å². The van der Waals surface area contributed by atoms with Crippen LogP contribution in [-0.4, -0.2) is 0 Å². The van der Waals surface area contributed by atoms with Gasteiger partial charge < -0.3 is 4.74 Å². The lowest BCUT2D eigenvalue weighted by Gasteiger charge is -2.06. The minimum absolute atomic E-state index is 0. The summed E-state index contributed by atoms with van der Waals surface area (Å²) in [5.41, 5.74) is 1.23. The molecule has 0 spiro atoms. The Kier molecular flexibility index (Phi) is 6.76. The van der Waals surface area contributed by atoms with Crippen LogP contribution in [0.15, 0.2) is 30.3 Å². The van der Waals surface area contributed by atoms with Gasteiger partial charge >= 0.3 is 0 Å². The lowest BCUT2D eigenvalue weighted by molar-refractivity contribution is 0.471. The van der Waals surface area contributed by atoms with Crippen LogP contribution in [0.5, 0.6) is 5.75 Å². The normalized spacial score (nSPS) is 9.12. The first kappa shape index (κ1) is 17.5. The molecule has 1 nitrogen and oxygen atoms in total. The van der Waals surface area contributed by atoms with Gasteiger partial charge in [-0.1, -0.05) is 43.9 Å². The fourth-order valence-electron chi connectivity index (χ4n) is 2.34.